The van der Waals surface area contributed by atoms with Gasteiger partial charge in [0.15, 0.2) is 5.71 Å². The number of hydrogen-bond acceptors (Lipinski definition) is 14. The Kier molecular flexibility index (Phi) is 23.2. The van der Waals surface area contributed by atoms with Crippen LogP contribution < -0.4 is 31.5 Å². The Bertz CT molecular complexity index is 2860. The summed E-state index contributed by atoms with van der Waals surface area (Å²) in [5.41, 5.74) is 3.69. The SMILES string of the molecule is CCOC(=O)CCSC(=O)CNC(=O)CNC(=O)[C@H](CCCCNC(=O)CCCCC[N+]1=C(C=CC=CC=C2N(CC)c3ccc(S(=O)(=O)O)cc3C2(C)C)C(C)(C)c2cc(S(=O)(=O)O)ccc21)NC(=O)CNC(C)=O. The molecule has 0 aromatic heterocycles. The number of thioether (sulfide) groups is 1. The molecule has 2 heterocycles. The molecule has 416 valence electrons. The smallest absolute Gasteiger partial charge is 0.306 e. The van der Waals surface area contributed by atoms with E-state index >= 15 is 0 Å². The highest BCUT2D eigenvalue weighted by molar-refractivity contribution is 8.13. The van der Waals surface area contributed by atoms with Crippen molar-refractivity contribution in [2.75, 3.05) is 56.5 Å². The Morgan fingerprint density at radius 3 is 2.07 bits per heavy atom. The van der Waals surface area contributed by atoms with Gasteiger partial charge in [0.05, 0.1) is 47.9 Å². The standard InChI is InChI=1S/C52H71N7O14S3/c1-8-58-41-24-22-36(75(67,68)69)30-38(41)51(4,5)43(58)19-12-10-13-20-44-52(6,7)39-31-37(76(70,71)72)23-25-42(39)59(44)28-17-11-14-21-45(61)53-27-16-15-18-40(57-47(63)33-54-35(3)60)50(66)56-32-46(62)55-34-49(65)74-29-26-48(64)73-9-2/h10,12-13,19-20,22-25,30-31,40H,8-9,11,14-18,21,26-29,32-34H2,1-7H3,(H6-,53,54,55,56,57,60,61,62,63,66,67,68,69,70,71,72)/p+1/t40-/m0/s1. The maximum atomic E-state index is 13.1. The lowest BCUT2D eigenvalue weighted by atomic mass is 9.81. The summed E-state index contributed by atoms with van der Waals surface area (Å²) in [5, 5.41) is 12.3. The van der Waals surface area contributed by atoms with E-state index in [1.165, 1.54) is 31.2 Å². The van der Waals surface area contributed by atoms with Crippen molar-refractivity contribution in [2.45, 2.75) is 126 Å². The molecule has 24 heteroatoms. The minimum atomic E-state index is -4.48. The molecule has 2 aromatic carbocycles. The number of benzene rings is 2. The fourth-order valence-electron chi connectivity index (χ4n) is 8.87. The van der Waals surface area contributed by atoms with Crippen molar-refractivity contribution < 1.29 is 68.8 Å². The van der Waals surface area contributed by atoms with Crippen molar-refractivity contribution in [1.82, 2.24) is 26.6 Å². The quantitative estimate of drug-likeness (QED) is 0.0197. The van der Waals surface area contributed by atoms with E-state index in [1.54, 1.807) is 19.1 Å². The van der Waals surface area contributed by atoms with Crippen LogP contribution in [0.5, 0.6) is 0 Å². The summed E-state index contributed by atoms with van der Waals surface area (Å²) in [6.45, 7) is 13.3. The van der Waals surface area contributed by atoms with Gasteiger partial charge in [0, 0.05) is 73.1 Å². The molecule has 2 aliphatic rings. The molecule has 0 fully saturated rings. The highest BCUT2D eigenvalue weighted by atomic mass is 32.2. The summed E-state index contributed by atoms with van der Waals surface area (Å²) in [6.07, 6.45) is 12.8. The lowest BCUT2D eigenvalue weighted by molar-refractivity contribution is -0.438. The van der Waals surface area contributed by atoms with Crippen LogP contribution in [0.2, 0.25) is 0 Å². The minimum Gasteiger partial charge on any atom is -0.466 e. The fourth-order valence-corrected chi connectivity index (χ4v) is 10.6. The molecule has 0 unspecified atom stereocenters. The molecule has 0 saturated heterocycles. The van der Waals surface area contributed by atoms with Crippen LogP contribution in [0.3, 0.4) is 0 Å². The number of likely N-dealkylation sites (N-methyl/N-ethyl adjacent to an activating group) is 1. The maximum Gasteiger partial charge on any atom is 0.306 e. The second-order valence-electron chi connectivity index (χ2n) is 19.1. The average molecular weight is 1120 g/mol. The van der Waals surface area contributed by atoms with E-state index in [9.17, 15) is 59.5 Å². The number of nitrogens with one attached hydrogen (secondary N) is 5. The number of carbonyl (C=O) groups is 7. The highest BCUT2D eigenvalue weighted by Crippen LogP contribution is 2.48. The molecule has 0 saturated carbocycles. The fraction of sp³-hybridized carbons (Fsp3) is 0.500. The zero-order valence-electron chi connectivity index (χ0n) is 44.2. The molecule has 21 nitrogen and oxygen atoms in total. The number of anilines is 1. The molecule has 4 rings (SSSR count). The van der Waals surface area contributed by atoms with Crippen molar-refractivity contribution >= 4 is 89.7 Å². The van der Waals surface area contributed by atoms with Gasteiger partial charge in [0.1, 0.15) is 12.6 Å². The molecule has 2 aromatic rings. The number of unbranched alkanes of at least 4 members (excludes halogenated alkanes) is 3. The van der Waals surface area contributed by atoms with E-state index < -0.39 is 73.3 Å². The van der Waals surface area contributed by atoms with E-state index in [0.717, 1.165) is 40.1 Å². The normalized spacial score (nSPS) is 15.6. The van der Waals surface area contributed by atoms with E-state index in [-0.39, 0.29) is 65.5 Å². The van der Waals surface area contributed by atoms with E-state index in [4.69, 9.17) is 4.74 Å². The molecular formula is C52H72N7O14S3+. The molecule has 0 bridgehead atoms. The summed E-state index contributed by atoms with van der Waals surface area (Å²) >= 11 is 0.860. The predicted molar refractivity (Wildman–Crippen MR) is 288 cm³/mol. The number of ether oxygens (including phenoxy) is 1. The van der Waals surface area contributed by atoms with E-state index in [0.29, 0.717) is 57.3 Å². The first-order valence-electron chi connectivity index (χ1n) is 25.1. The summed E-state index contributed by atoms with van der Waals surface area (Å²) in [6, 6.07) is 8.07. The molecule has 0 radical (unpaired) electrons. The Morgan fingerprint density at radius 1 is 0.737 bits per heavy atom. The summed E-state index contributed by atoms with van der Waals surface area (Å²) in [4.78, 5) is 87.4. The third kappa shape index (κ3) is 18.0. The van der Waals surface area contributed by atoms with Crippen LogP contribution in [0.15, 0.2) is 82.3 Å². The third-order valence-corrected chi connectivity index (χ3v) is 15.3. The van der Waals surface area contributed by atoms with Crippen molar-refractivity contribution in [3.8, 4) is 0 Å². The van der Waals surface area contributed by atoms with Gasteiger partial charge in [0.25, 0.3) is 20.2 Å². The number of rotatable bonds is 29. The molecule has 2 aliphatic heterocycles. The minimum absolute atomic E-state index is 0.0373. The van der Waals surface area contributed by atoms with Gasteiger partial charge in [-0.25, -0.2) is 0 Å². The monoisotopic (exact) mass is 1110 g/mol. The number of esters is 1. The van der Waals surface area contributed by atoms with Gasteiger partial charge in [-0.05, 0) is 102 Å². The number of nitrogens with zero attached hydrogens (tertiary/aromatic N) is 2. The molecule has 0 spiro atoms. The molecular weight excluding hydrogens is 1040 g/mol. The first kappa shape index (κ1) is 62.3. The van der Waals surface area contributed by atoms with Crippen LogP contribution in [0.1, 0.15) is 111 Å². The van der Waals surface area contributed by atoms with Crippen LogP contribution in [-0.2, 0) is 69.4 Å². The zero-order chi connectivity index (χ0) is 56.4. The number of amides is 5. The van der Waals surface area contributed by atoms with Gasteiger partial charge in [-0.15, -0.1) is 0 Å². The summed E-state index contributed by atoms with van der Waals surface area (Å²) in [5.74, 6) is -2.81. The molecule has 7 N–H and O–H groups in total. The van der Waals surface area contributed by atoms with Crippen LogP contribution in [0.25, 0.3) is 0 Å². The first-order valence-corrected chi connectivity index (χ1v) is 29.0. The zero-order valence-corrected chi connectivity index (χ0v) is 46.6. The van der Waals surface area contributed by atoms with Crippen molar-refractivity contribution in [3.05, 3.63) is 83.6 Å². The summed E-state index contributed by atoms with van der Waals surface area (Å²) < 4.78 is 74.8. The molecule has 5 amide bonds. The van der Waals surface area contributed by atoms with Crippen molar-refractivity contribution in [1.29, 1.82) is 0 Å². The maximum absolute atomic E-state index is 13.1. The predicted octanol–water partition coefficient (Wildman–Crippen LogP) is 4.28. The number of carbonyl (C=O) groups excluding carboxylic acids is 7. The average Bonchev–Trinajstić information content (AvgIpc) is 3.69. The highest BCUT2D eigenvalue weighted by Gasteiger charge is 2.45. The summed E-state index contributed by atoms with van der Waals surface area (Å²) in [7, 11) is -8.87. The van der Waals surface area contributed by atoms with Gasteiger partial charge >= 0.3 is 5.97 Å². The Morgan fingerprint density at radius 2 is 1.41 bits per heavy atom. The molecule has 76 heavy (non-hydrogen) atoms. The Labute approximate surface area is 449 Å². The Balaban J connectivity index is 1.31. The second kappa shape index (κ2) is 28.2. The second-order valence-corrected chi connectivity index (χ2v) is 23.1. The molecule has 1 atom stereocenters. The number of hydrogen-bond donors (Lipinski definition) is 7. The van der Waals surface area contributed by atoms with Gasteiger partial charge in [-0.2, -0.15) is 21.4 Å². The van der Waals surface area contributed by atoms with Crippen LogP contribution in [0, 0.1) is 0 Å². The van der Waals surface area contributed by atoms with Gasteiger partial charge in [-0.1, -0.05) is 43.8 Å². The number of allylic oxidation sites excluding steroid dienone is 6. The van der Waals surface area contributed by atoms with Crippen LogP contribution in [0.4, 0.5) is 11.4 Å². The van der Waals surface area contributed by atoms with Gasteiger partial charge < -0.3 is 36.2 Å². The van der Waals surface area contributed by atoms with E-state index in [2.05, 4.69) is 36.1 Å². The lowest BCUT2D eigenvalue weighted by Gasteiger charge is -2.25. The van der Waals surface area contributed by atoms with Gasteiger partial charge in [-0.3, -0.25) is 42.7 Å². The largest absolute Gasteiger partial charge is 0.466 e. The Hall–Kier alpha value is -6.21. The van der Waals surface area contributed by atoms with Crippen molar-refractivity contribution in [3.63, 3.8) is 0 Å². The third-order valence-electron chi connectivity index (χ3n) is 12.8. The van der Waals surface area contributed by atoms with Gasteiger partial charge in [0.2, 0.25) is 40.3 Å². The lowest BCUT2D eigenvalue weighted by Crippen LogP contribution is -2.51. The van der Waals surface area contributed by atoms with Crippen LogP contribution >= 0.6 is 11.8 Å². The molecule has 0 aliphatic carbocycles. The topological polar surface area (TPSA) is 304 Å². The van der Waals surface area contributed by atoms with Crippen LogP contribution in [-0.4, -0.2) is 135 Å². The van der Waals surface area contributed by atoms with Crippen molar-refractivity contribution in [2.24, 2.45) is 0 Å². The van der Waals surface area contributed by atoms with E-state index in [1.807, 2.05) is 65.0 Å². The number of fused-ring (bicyclic) bond motifs is 2. The first-order chi connectivity index (χ1) is 35.7.